The minimum Gasteiger partial charge on any atom is -0.377 e. The molecule has 0 amide bonds. The van der Waals surface area contributed by atoms with E-state index in [4.69, 9.17) is 4.74 Å². The molecule has 1 fully saturated rings. The lowest BCUT2D eigenvalue weighted by Gasteiger charge is -2.21. The van der Waals surface area contributed by atoms with Gasteiger partial charge in [0.1, 0.15) is 11.9 Å². The summed E-state index contributed by atoms with van der Waals surface area (Å²) in [6.45, 7) is 0.825. The third-order valence-electron chi connectivity index (χ3n) is 4.58. The average molecular weight is 379 g/mol. The molecule has 3 aromatic rings. The van der Waals surface area contributed by atoms with E-state index in [2.05, 4.69) is 25.4 Å². The van der Waals surface area contributed by atoms with Gasteiger partial charge in [-0.05, 0) is 24.3 Å². The smallest absolute Gasteiger partial charge is 0.267 e. The molecule has 1 aliphatic heterocycles. The third-order valence-corrected chi connectivity index (χ3v) is 4.58. The van der Waals surface area contributed by atoms with Crippen LogP contribution in [0.4, 0.5) is 11.8 Å². The molecule has 28 heavy (non-hydrogen) atoms. The fraction of sp³-hybridized carbons (Fsp3) is 0.316. The van der Waals surface area contributed by atoms with E-state index in [1.807, 2.05) is 37.2 Å². The summed E-state index contributed by atoms with van der Waals surface area (Å²) < 4.78 is 7.12. The van der Waals surface area contributed by atoms with E-state index in [-0.39, 0.29) is 17.6 Å². The van der Waals surface area contributed by atoms with Gasteiger partial charge in [-0.1, -0.05) is 0 Å². The summed E-state index contributed by atoms with van der Waals surface area (Å²) in [4.78, 5) is 27.2. The maximum Gasteiger partial charge on any atom is 0.267 e. The SMILES string of the molecule is CN(C)c1ccnc(NC2COCC2n2nc(-c3ccncc3)ccc2=O)n1. The van der Waals surface area contributed by atoms with Crippen LogP contribution >= 0.6 is 0 Å². The molecule has 9 heteroatoms. The monoisotopic (exact) mass is 379 g/mol. The minimum absolute atomic E-state index is 0.171. The minimum atomic E-state index is -0.263. The maximum atomic E-state index is 12.5. The highest BCUT2D eigenvalue weighted by Crippen LogP contribution is 2.22. The van der Waals surface area contributed by atoms with Crippen LogP contribution in [0.25, 0.3) is 11.3 Å². The molecule has 4 rings (SSSR count). The van der Waals surface area contributed by atoms with Gasteiger partial charge in [-0.25, -0.2) is 9.67 Å². The van der Waals surface area contributed by atoms with Crippen molar-refractivity contribution in [1.29, 1.82) is 0 Å². The van der Waals surface area contributed by atoms with Crippen LogP contribution < -0.4 is 15.8 Å². The number of anilines is 2. The van der Waals surface area contributed by atoms with Gasteiger partial charge in [-0.3, -0.25) is 9.78 Å². The van der Waals surface area contributed by atoms with Crippen LogP contribution in [0.3, 0.4) is 0 Å². The summed E-state index contributed by atoms with van der Waals surface area (Å²) in [6, 6.07) is 8.36. The summed E-state index contributed by atoms with van der Waals surface area (Å²) in [7, 11) is 3.84. The molecular formula is C19H21N7O2. The molecule has 0 spiro atoms. The van der Waals surface area contributed by atoms with E-state index in [0.717, 1.165) is 11.4 Å². The van der Waals surface area contributed by atoms with Crippen LogP contribution in [0.5, 0.6) is 0 Å². The second-order valence-corrected chi connectivity index (χ2v) is 6.73. The van der Waals surface area contributed by atoms with Crippen molar-refractivity contribution in [3.05, 3.63) is 59.3 Å². The second kappa shape index (κ2) is 7.73. The van der Waals surface area contributed by atoms with Crippen LogP contribution in [0, 0.1) is 0 Å². The highest BCUT2D eigenvalue weighted by atomic mass is 16.5. The molecule has 9 nitrogen and oxygen atoms in total. The lowest BCUT2D eigenvalue weighted by atomic mass is 10.1. The molecule has 4 heterocycles. The Balaban J connectivity index is 1.62. The zero-order valence-corrected chi connectivity index (χ0v) is 15.7. The van der Waals surface area contributed by atoms with Crippen LogP contribution in [0.15, 0.2) is 53.7 Å². The van der Waals surface area contributed by atoms with Gasteiger partial charge in [0.25, 0.3) is 5.56 Å². The van der Waals surface area contributed by atoms with Gasteiger partial charge in [0.05, 0.1) is 24.9 Å². The molecule has 0 aromatic carbocycles. The van der Waals surface area contributed by atoms with Crippen LogP contribution in [-0.2, 0) is 4.74 Å². The van der Waals surface area contributed by atoms with Crippen molar-refractivity contribution < 1.29 is 4.74 Å². The molecule has 1 N–H and O–H groups in total. The van der Waals surface area contributed by atoms with Gasteiger partial charge in [0.2, 0.25) is 5.95 Å². The zero-order valence-electron chi connectivity index (χ0n) is 15.7. The van der Waals surface area contributed by atoms with E-state index in [0.29, 0.717) is 24.9 Å². The van der Waals surface area contributed by atoms with Crippen molar-refractivity contribution in [2.24, 2.45) is 0 Å². The number of hydrogen-bond acceptors (Lipinski definition) is 8. The van der Waals surface area contributed by atoms with Crippen LogP contribution in [0.1, 0.15) is 6.04 Å². The quantitative estimate of drug-likeness (QED) is 0.706. The van der Waals surface area contributed by atoms with Crippen molar-refractivity contribution in [3.63, 3.8) is 0 Å². The molecule has 2 atom stereocenters. The van der Waals surface area contributed by atoms with Gasteiger partial charge in [-0.15, -0.1) is 0 Å². The van der Waals surface area contributed by atoms with Crippen molar-refractivity contribution in [1.82, 2.24) is 24.7 Å². The Kier molecular flexibility index (Phi) is 4.98. The third kappa shape index (κ3) is 3.70. The molecule has 3 aromatic heterocycles. The largest absolute Gasteiger partial charge is 0.377 e. The van der Waals surface area contributed by atoms with Crippen molar-refractivity contribution in [2.75, 3.05) is 37.5 Å². The lowest BCUT2D eigenvalue weighted by Crippen LogP contribution is -2.37. The normalized spacial score (nSPS) is 18.8. The Bertz CT molecular complexity index is 1010. The number of pyridine rings is 1. The molecular weight excluding hydrogens is 358 g/mol. The average Bonchev–Trinajstić information content (AvgIpc) is 3.17. The first kappa shape index (κ1) is 18.1. The Morgan fingerprint density at radius 1 is 1.11 bits per heavy atom. The number of ether oxygens (including phenoxy) is 1. The topological polar surface area (TPSA) is 98.1 Å². The van der Waals surface area contributed by atoms with E-state index in [1.165, 1.54) is 10.7 Å². The molecule has 1 saturated heterocycles. The molecule has 2 unspecified atom stereocenters. The van der Waals surface area contributed by atoms with E-state index in [9.17, 15) is 4.79 Å². The molecule has 144 valence electrons. The Labute approximate surface area is 162 Å². The summed E-state index contributed by atoms with van der Waals surface area (Å²) in [5.74, 6) is 1.29. The first-order valence-corrected chi connectivity index (χ1v) is 8.97. The van der Waals surface area contributed by atoms with Gasteiger partial charge < -0.3 is 15.0 Å². The number of nitrogens with one attached hydrogen (secondary N) is 1. The lowest BCUT2D eigenvalue weighted by molar-refractivity contribution is 0.183. The predicted molar refractivity (Wildman–Crippen MR) is 105 cm³/mol. The van der Waals surface area contributed by atoms with E-state index in [1.54, 1.807) is 24.7 Å². The van der Waals surface area contributed by atoms with E-state index >= 15 is 0 Å². The van der Waals surface area contributed by atoms with Gasteiger partial charge in [-0.2, -0.15) is 10.1 Å². The van der Waals surface area contributed by atoms with Gasteiger partial charge in [0.15, 0.2) is 0 Å². The first-order valence-electron chi connectivity index (χ1n) is 8.97. The van der Waals surface area contributed by atoms with Crippen molar-refractivity contribution in [2.45, 2.75) is 12.1 Å². The number of hydrogen-bond donors (Lipinski definition) is 1. The zero-order chi connectivity index (χ0) is 19.5. The van der Waals surface area contributed by atoms with Crippen molar-refractivity contribution >= 4 is 11.8 Å². The molecule has 0 saturated carbocycles. The van der Waals surface area contributed by atoms with Crippen LogP contribution in [0.2, 0.25) is 0 Å². The maximum absolute atomic E-state index is 12.5. The van der Waals surface area contributed by atoms with Crippen molar-refractivity contribution in [3.8, 4) is 11.3 Å². The summed E-state index contributed by atoms with van der Waals surface area (Å²) in [5, 5.41) is 7.86. The van der Waals surface area contributed by atoms with E-state index < -0.39 is 0 Å². The number of nitrogens with zero attached hydrogens (tertiary/aromatic N) is 6. The molecule has 0 radical (unpaired) electrons. The fourth-order valence-corrected chi connectivity index (χ4v) is 3.09. The molecule has 1 aliphatic rings. The first-order chi connectivity index (χ1) is 13.6. The van der Waals surface area contributed by atoms with Gasteiger partial charge >= 0.3 is 0 Å². The summed E-state index contributed by atoms with van der Waals surface area (Å²) >= 11 is 0. The number of aromatic nitrogens is 5. The Hall–Kier alpha value is -3.33. The number of rotatable bonds is 5. The fourth-order valence-electron chi connectivity index (χ4n) is 3.09. The van der Waals surface area contributed by atoms with Crippen LogP contribution in [-0.4, -0.2) is 58.1 Å². The standard InChI is InChI=1S/C19H21N7O2/c1-25(2)17-7-10-21-19(23-17)22-15-11-28-12-16(15)26-18(27)4-3-14(24-26)13-5-8-20-9-6-13/h3-10,15-16H,11-12H2,1-2H3,(H,21,22,23). The summed E-state index contributed by atoms with van der Waals surface area (Å²) in [6.07, 6.45) is 5.10. The Morgan fingerprint density at radius 3 is 2.71 bits per heavy atom. The molecule has 0 aliphatic carbocycles. The molecule has 0 bridgehead atoms. The highest BCUT2D eigenvalue weighted by Gasteiger charge is 2.32. The van der Waals surface area contributed by atoms with Gasteiger partial charge in [0, 0.05) is 44.3 Å². The Morgan fingerprint density at radius 2 is 1.93 bits per heavy atom. The predicted octanol–water partition coefficient (Wildman–Crippen LogP) is 1.21. The summed E-state index contributed by atoms with van der Waals surface area (Å²) in [5.41, 5.74) is 1.43. The highest BCUT2D eigenvalue weighted by molar-refractivity contribution is 5.57. The second-order valence-electron chi connectivity index (χ2n) is 6.73.